The number of hydrogen-bond acceptors (Lipinski definition) is 4. The standard InChI is InChI=1S/C22H24N4O2.HI/c1-27-16-19-9-5-6-10-20(19)26-22(23)25-14-18-11-12-24-21(13-18)28-15-17-7-3-2-4-8-17;/h2-13H,14-16H2,1H3,(H3,23,25,26);1H. The van der Waals surface area contributed by atoms with E-state index < -0.39 is 0 Å². The van der Waals surface area contributed by atoms with Crippen LogP contribution in [-0.2, 0) is 24.5 Å². The number of rotatable bonds is 8. The number of methoxy groups -OCH3 is 1. The van der Waals surface area contributed by atoms with Crippen LogP contribution >= 0.6 is 24.0 Å². The fourth-order valence-corrected chi connectivity index (χ4v) is 2.64. The van der Waals surface area contributed by atoms with E-state index in [4.69, 9.17) is 15.2 Å². The number of ether oxygens (including phenoxy) is 2. The molecule has 0 saturated carbocycles. The topological polar surface area (TPSA) is 81.8 Å². The number of aliphatic imine (C=N–C) groups is 1. The number of benzene rings is 2. The Balaban J connectivity index is 0.00000300. The summed E-state index contributed by atoms with van der Waals surface area (Å²) in [5.74, 6) is 0.903. The van der Waals surface area contributed by atoms with Crippen LogP contribution in [0.5, 0.6) is 5.88 Å². The molecule has 0 fully saturated rings. The van der Waals surface area contributed by atoms with Gasteiger partial charge < -0.3 is 20.5 Å². The van der Waals surface area contributed by atoms with E-state index in [-0.39, 0.29) is 24.0 Å². The summed E-state index contributed by atoms with van der Waals surface area (Å²) < 4.78 is 11.0. The third kappa shape index (κ3) is 7.35. The number of guanidine groups is 1. The van der Waals surface area contributed by atoms with Gasteiger partial charge in [-0.2, -0.15) is 0 Å². The van der Waals surface area contributed by atoms with Gasteiger partial charge in [-0.1, -0.05) is 48.5 Å². The molecule has 0 bridgehead atoms. The normalized spacial score (nSPS) is 10.9. The Kier molecular flexibility index (Phi) is 9.39. The van der Waals surface area contributed by atoms with E-state index >= 15 is 0 Å². The molecule has 0 unspecified atom stereocenters. The highest BCUT2D eigenvalue weighted by Gasteiger charge is 2.03. The van der Waals surface area contributed by atoms with E-state index in [9.17, 15) is 0 Å². The first kappa shape index (κ1) is 22.6. The van der Waals surface area contributed by atoms with Crippen molar-refractivity contribution in [1.82, 2.24) is 4.98 Å². The lowest BCUT2D eigenvalue weighted by Gasteiger charge is -2.11. The van der Waals surface area contributed by atoms with Crippen LogP contribution in [0, 0.1) is 0 Å². The molecule has 0 atom stereocenters. The predicted octanol–water partition coefficient (Wildman–Crippen LogP) is 4.35. The molecule has 3 aromatic rings. The van der Waals surface area contributed by atoms with Gasteiger partial charge in [-0.25, -0.2) is 9.98 Å². The van der Waals surface area contributed by atoms with Gasteiger partial charge in [-0.3, -0.25) is 0 Å². The summed E-state index contributed by atoms with van der Waals surface area (Å²) in [5, 5.41) is 3.13. The van der Waals surface area contributed by atoms with E-state index in [0.29, 0.717) is 31.6 Å². The fraction of sp³-hybridized carbons (Fsp3) is 0.182. The number of nitrogens with one attached hydrogen (secondary N) is 1. The van der Waals surface area contributed by atoms with Crippen LogP contribution in [0.25, 0.3) is 0 Å². The first-order chi connectivity index (χ1) is 13.7. The molecule has 3 rings (SSSR count). The maximum absolute atomic E-state index is 6.04. The molecular formula is C22H25IN4O2. The fourth-order valence-electron chi connectivity index (χ4n) is 2.64. The molecule has 0 aliphatic heterocycles. The summed E-state index contributed by atoms with van der Waals surface area (Å²) in [7, 11) is 1.66. The Morgan fingerprint density at radius 1 is 1.00 bits per heavy atom. The molecule has 0 aliphatic carbocycles. The van der Waals surface area contributed by atoms with Gasteiger partial charge >= 0.3 is 0 Å². The van der Waals surface area contributed by atoms with Gasteiger partial charge in [0.05, 0.1) is 13.2 Å². The van der Waals surface area contributed by atoms with E-state index in [0.717, 1.165) is 22.4 Å². The van der Waals surface area contributed by atoms with Crippen LogP contribution < -0.4 is 15.8 Å². The zero-order chi connectivity index (χ0) is 19.6. The van der Waals surface area contributed by atoms with Crippen molar-refractivity contribution in [2.24, 2.45) is 10.7 Å². The molecule has 0 radical (unpaired) electrons. The molecule has 0 amide bonds. The summed E-state index contributed by atoms with van der Waals surface area (Å²) in [6.07, 6.45) is 1.71. The van der Waals surface area contributed by atoms with Gasteiger partial charge in [0.1, 0.15) is 6.61 Å². The minimum Gasteiger partial charge on any atom is -0.473 e. The van der Waals surface area contributed by atoms with Crippen molar-refractivity contribution in [2.45, 2.75) is 19.8 Å². The van der Waals surface area contributed by atoms with Crippen molar-refractivity contribution in [1.29, 1.82) is 0 Å². The monoisotopic (exact) mass is 504 g/mol. The van der Waals surface area contributed by atoms with E-state index in [1.165, 1.54) is 0 Å². The Morgan fingerprint density at radius 3 is 2.55 bits per heavy atom. The summed E-state index contributed by atoms with van der Waals surface area (Å²) >= 11 is 0. The van der Waals surface area contributed by atoms with Crippen molar-refractivity contribution >= 4 is 35.6 Å². The number of halogens is 1. The second-order valence-electron chi connectivity index (χ2n) is 6.19. The lowest BCUT2D eigenvalue weighted by Crippen LogP contribution is -2.23. The molecule has 0 aliphatic rings. The van der Waals surface area contributed by atoms with E-state index in [2.05, 4.69) is 15.3 Å². The highest BCUT2D eigenvalue weighted by Crippen LogP contribution is 2.16. The number of anilines is 1. The first-order valence-corrected chi connectivity index (χ1v) is 9.00. The molecule has 29 heavy (non-hydrogen) atoms. The molecule has 1 aromatic heterocycles. The first-order valence-electron chi connectivity index (χ1n) is 9.00. The van der Waals surface area contributed by atoms with Crippen LogP contribution in [-0.4, -0.2) is 18.1 Å². The summed E-state index contributed by atoms with van der Waals surface area (Å²) in [6.45, 7) is 1.40. The highest BCUT2D eigenvalue weighted by molar-refractivity contribution is 14.0. The molecule has 152 valence electrons. The molecule has 7 heteroatoms. The highest BCUT2D eigenvalue weighted by atomic mass is 127. The van der Waals surface area contributed by atoms with Crippen LogP contribution in [0.3, 0.4) is 0 Å². The molecule has 2 aromatic carbocycles. The summed E-state index contributed by atoms with van der Waals surface area (Å²) in [6, 6.07) is 21.6. The number of hydrogen-bond donors (Lipinski definition) is 2. The van der Waals surface area contributed by atoms with Crippen molar-refractivity contribution in [3.05, 3.63) is 89.6 Å². The van der Waals surface area contributed by atoms with Gasteiger partial charge in [-0.05, 0) is 23.3 Å². The Morgan fingerprint density at radius 2 is 1.76 bits per heavy atom. The minimum atomic E-state index is 0. The van der Waals surface area contributed by atoms with E-state index in [1.807, 2.05) is 66.7 Å². The molecule has 0 spiro atoms. The number of pyridine rings is 1. The maximum atomic E-state index is 6.04. The summed E-state index contributed by atoms with van der Waals surface area (Å²) in [4.78, 5) is 8.66. The molecule has 1 heterocycles. The van der Waals surface area contributed by atoms with Crippen molar-refractivity contribution in [2.75, 3.05) is 12.4 Å². The SMILES string of the molecule is COCc1ccccc1NC(N)=NCc1ccnc(OCc2ccccc2)c1.I. The Bertz CT molecular complexity index is 919. The molecular weight excluding hydrogens is 479 g/mol. The largest absolute Gasteiger partial charge is 0.473 e. The van der Waals surface area contributed by atoms with Crippen LogP contribution in [0.1, 0.15) is 16.7 Å². The van der Waals surface area contributed by atoms with Gasteiger partial charge in [-0.15, -0.1) is 24.0 Å². The maximum Gasteiger partial charge on any atom is 0.213 e. The number of nitrogens with two attached hydrogens (primary N) is 1. The zero-order valence-corrected chi connectivity index (χ0v) is 18.6. The van der Waals surface area contributed by atoms with Crippen molar-refractivity contribution in [3.8, 4) is 5.88 Å². The Hall–Kier alpha value is -2.65. The average Bonchev–Trinajstić information content (AvgIpc) is 2.73. The number of nitrogens with zero attached hydrogens (tertiary/aromatic N) is 2. The van der Waals surface area contributed by atoms with Gasteiger partial charge in [0.2, 0.25) is 5.88 Å². The third-order valence-corrected chi connectivity index (χ3v) is 4.04. The van der Waals surface area contributed by atoms with Crippen LogP contribution in [0.2, 0.25) is 0 Å². The number of para-hydroxylation sites is 1. The molecule has 0 saturated heterocycles. The third-order valence-electron chi connectivity index (χ3n) is 4.04. The quantitative estimate of drug-likeness (QED) is 0.271. The second kappa shape index (κ2) is 12.0. The van der Waals surface area contributed by atoms with Gasteiger partial charge in [0.25, 0.3) is 0 Å². The van der Waals surface area contributed by atoms with Gasteiger partial charge in [0.15, 0.2) is 5.96 Å². The van der Waals surface area contributed by atoms with Crippen molar-refractivity contribution in [3.63, 3.8) is 0 Å². The number of aromatic nitrogens is 1. The predicted molar refractivity (Wildman–Crippen MR) is 127 cm³/mol. The molecule has 3 N–H and O–H groups in total. The van der Waals surface area contributed by atoms with Gasteiger partial charge in [0, 0.05) is 30.6 Å². The van der Waals surface area contributed by atoms with Crippen LogP contribution in [0.15, 0.2) is 77.9 Å². The second-order valence-corrected chi connectivity index (χ2v) is 6.19. The smallest absolute Gasteiger partial charge is 0.213 e. The zero-order valence-electron chi connectivity index (χ0n) is 16.2. The molecule has 6 nitrogen and oxygen atoms in total. The van der Waals surface area contributed by atoms with Crippen molar-refractivity contribution < 1.29 is 9.47 Å². The average molecular weight is 504 g/mol. The summed E-state index contributed by atoms with van der Waals surface area (Å²) in [5.41, 5.74) is 10.0. The van der Waals surface area contributed by atoms with Crippen LogP contribution in [0.4, 0.5) is 5.69 Å². The lowest BCUT2D eigenvalue weighted by molar-refractivity contribution is 0.185. The van der Waals surface area contributed by atoms with E-state index in [1.54, 1.807) is 13.3 Å². The Labute approximate surface area is 188 Å². The lowest BCUT2D eigenvalue weighted by atomic mass is 10.2. The minimum absolute atomic E-state index is 0.